The lowest BCUT2D eigenvalue weighted by Gasteiger charge is -2.21. The summed E-state index contributed by atoms with van der Waals surface area (Å²) in [5.74, 6) is 0. The average Bonchev–Trinajstić information content (AvgIpc) is 2.24. The van der Waals surface area contributed by atoms with E-state index in [2.05, 4.69) is 52.5 Å². The van der Waals surface area contributed by atoms with Crippen molar-refractivity contribution in [2.75, 3.05) is 28.2 Å². The molecular formula is C14H28N2+2. The van der Waals surface area contributed by atoms with Crippen molar-refractivity contribution in [3.05, 3.63) is 24.3 Å². The zero-order valence-corrected chi connectivity index (χ0v) is 11.3. The largest absolute Gasteiger partial charge is 0.337 e. The van der Waals surface area contributed by atoms with Gasteiger partial charge in [-0.25, -0.2) is 0 Å². The lowest BCUT2D eigenvalue weighted by molar-refractivity contribution is -0.885. The van der Waals surface area contributed by atoms with Crippen LogP contribution in [0.3, 0.4) is 0 Å². The number of nitrogens with one attached hydrogen (secondary N) is 2. The van der Waals surface area contributed by atoms with Gasteiger partial charge in [0.15, 0.2) is 0 Å². The summed E-state index contributed by atoms with van der Waals surface area (Å²) in [6, 6.07) is 1.49. The summed E-state index contributed by atoms with van der Waals surface area (Å²) < 4.78 is 0. The molecule has 16 heavy (non-hydrogen) atoms. The van der Waals surface area contributed by atoms with Gasteiger partial charge in [-0.05, 0) is 0 Å². The summed E-state index contributed by atoms with van der Waals surface area (Å²) in [5, 5.41) is 0. The third kappa shape index (κ3) is 4.50. The molecule has 0 heterocycles. The molecule has 0 aromatic carbocycles. The van der Waals surface area contributed by atoms with Crippen LogP contribution in [0.1, 0.15) is 25.7 Å². The van der Waals surface area contributed by atoms with Gasteiger partial charge in [0.2, 0.25) is 0 Å². The van der Waals surface area contributed by atoms with Crippen LogP contribution in [0.25, 0.3) is 0 Å². The Labute approximate surface area is 101 Å². The van der Waals surface area contributed by atoms with Gasteiger partial charge in [-0.2, -0.15) is 0 Å². The molecule has 1 aliphatic rings. The van der Waals surface area contributed by atoms with E-state index in [4.69, 9.17) is 0 Å². The first-order valence-corrected chi connectivity index (χ1v) is 6.51. The highest BCUT2D eigenvalue weighted by molar-refractivity contribution is 4.94. The molecule has 2 heteroatoms. The van der Waals surface area contributed by atoms with Gasteiger partial charge in [-0.15, -0.1) is 0 Å². The van der Waals surface area contributed by atoms with E-state index < -0.39 is 0 Å². The maximum atomic E-state index is 2.38. The van der Waals surface area contributed by atoms with Crippen molar-refractivity contribution >= 4 is 0 Å². The molecule has 0 fully saturated rings. The molecule has 2 nitrogen and oxygen atoms in total. The van der Waals surface area contributed by atoms with Crippen molar-refractivity contribution in [3.63, 3.8) is 0 Å². The summed E-state index contributed by atoms with van der Waals surface area (Å²) in [6.45, 7) is 0. The van der Waals surface area contributed by atoms with Crippen LogP contribution in [0.5, 0.6) is 0 Å². The van der Waals surface area contributed by atoms with Gasteiger partial charge in [-0.1, -0.05) is 24.3 Å². The minimum absolute atomic E-state index is 0.746. The van der Waals surface area contributed by atoms with Gasteiger partial charge in [0.1, 0.15) is 0 Å². The van der Waals surface area contributed by atoms with Crippen molar-refractivity contribution in [1.29, 1.82) is 0 Å². The van der Waals surface area contributed by atoms with E-state index in [1.165, 1.54) is 25.7 Å². The van der Waals surface area contributed by atoms with Crippen molar-refractivity contribution in [3.8, 4) is 0 Å². The van der Waals surface area contributed by atoms with Crippen molar-refractivity contribution in [1.82, 2.24) is 0 Å². The van der Waals surface area contributed by atoms with E-state index in [-0.39, 0.29) is 0 Å². The molecule has 0 aromatic rings. The normalized spacial score (nSPS) is 31.6. The molecule has 0 amide bonds. The van der Waals surface area contributed by atoms with Crippen LogP contribution in [0.15, 0.2) is 24.3 Å². The molecule has 92 valence electrons. The fourth-order valence-electron chi connectivity index (χ4n) is 2.18. The summed E-state index contributed by atoms with van der Waals surface area (Å²) in [7, 11) is 9.02. The fraction of sp³-hybridized carbons (Fsp3) is 0.714. The Hall–Kier alpha value is -0.600. The fourth-order valence-corrected chi connectivity index (χ4v) is 2.18. The van der Waals surface area contributed by atoms with Crippen LogP contribution in [0.2, 0.25) is 0 Å². The van der Waals surface area contributed by atoms with Crippen LogP contribution in [-0.2, 0) is 0 Å². The van der Waals surface area contributed by atoms with Gasteiger partial charge in [0.05, 0.1) is 40.3 Å². The van der Waals surface area contributed by atoms with E-state index in [0.717, 1.165) is 12.1 Å². The van der Waals surface area contributed by atoms with Crippen molar-refractivity contribution < 1.29 is 9.80 Å². The van der Waals surface area contributed by atoms with Crippen molar-refractivity contribution in [2.45, 2.75) is 37.8 Å². The van der Waals surface area contributed by atoms with E-state index in [1.807, 2.05) is 0 Å². The molecule has 2 N–H and O–H groups in total. The van der Waals surface area contributed by atoms with E-state index in [0.29, 0.717) is 0 Å². The molecule has 0 aliphatic heterocycles. The first-order chi connectivity index (χ1) is 7.61. The van der Waals surface area contributed by atoms with E-state index >= 15 is 0 Å². The highest BCUT2D eigenvalue weighted by atomic mass is 15.1. The molecule has 0 unspecified atom stereocenters. The highest BCUT2D eigenvalue weighted by Crippen LogP contribution is 2.05. The molecule has 0 saturated carbocycles. The molecule has 0 bridgehead atoms. The predicted octanol–water partition coefficient (Wildman–Crippen LogP) is -0.301. The molecule has 1 aliphatic carbocycles. The lowest BCUT2D eigenvalue weighted by Crippen LogP contribution is -3.10. The second-order valence-electron chi connectivity index (χ2n) is 5.43. The third-order valence-corrected chi connectivity index (χ3v) is 3.65. The van der Waals surface area contributed by atoms with Crippen LogP contribution < -0.4 is 9.80 Å². The lowest BCUT2D eigenvalue weighted by atomic mass is 10.0. The minimum Gasteiger partial charge on any atom is -0.337 e. The minimum atomic E-state index is 0.746. The Bertz CT molecular complexity index is 199. The van der Waals surface area contributed by atoms with Crippen LogP contribution >= 0.6 is 0 Å². The molecule has 0 saturated heterocycles. The summed E-state index contributed by atoms with van der Waals surface area (Å²) in [4.78, 5) is 3.12. The highest BCUT2D eigenvalue weighted by Gasteiger charge is 2.15. The molecule has 0 radical (unpaired) electrons. The predicted molar refractivity (Wildman–Crippen MR) is 69.9 cm³/mol. The summed E-state index contributed by atoms with van der Waals surface area (Å²) in [5.41, 5.74) is 0. The third-order valence-electron chi connectivity index (χ3n) is 3.65. The van der Waals surface area contributed by atoms with Crippen LogP contribution in [0.4, 0.5) is 0 Å². The standard InChI is InChI=1S/C14H26N2/c1-15(2)13-9-5-7-11-14(16(3)4)12-8-6-10-13/h5-8,13-14H,9-12H2,1-4H3/p+2/b7-5+,8-6+. The Morgan fingerprint density at radius 2 is 0.875 bits per heavy atom. The molecule has 0 aromatic heterocycles. The average molecular weight is 224 g/mol. The number of rotatable bonds is 2. The summed E-state index contributed by atoms with van der Waals surface area (Å²) in [6.07, 6.45) is 14.4. The maximum absolute atomic E-state index is 2.38. The molecule has 0 atom stereocenters. The quantitative estimate of drug-likeness (QED) is 0.596. The van der Waals surface area contributed by atoms with Crippen LogP contribution in [0, 0.1) is 0 Å². The maximum Gasteiger partial charge on any atom is 0.0940 e. The Morgan fingerprint density at radius 3 is 1.06 bits per heavy atom. The van der Waals surface area contributed by atoms with Gasteiger partial charge in [0.25, 0.3) is 0 Å². The zero-order valence-electron chi connectivity index (χ0n) is 11.3. The first kappa shape index (κ1) is 13.5. The second-order valence-corrected chi connectivity index (χ2v) is 5.43. The summed E-state index contributed by atoms with van der Waals surface area (Å²) >= 11 is 0. The zero-order chi connectivity index (χ0) is 12.0. The van der Waals surface area contributed by atoms with Gasteiger partial charge < -0.3 is 9.80 Å². The van der Waals surface area contributed by atoms with Gasteiger partial charge in [0, 0.05) is 25.7 Å². The first-order valence-electron chi connectivity index (χ1n) is 6.51. The number of quaternary nitrogens is 2. The molecular weight excluding hydrogens is 196 g/mol. The Kier molecular flexibility index (Phi) is 5.78. The smallest absolute Gasteiger partial charge is 0.0940 e. The van der Waals surface area contributed by atoms with E-state index in [9.17, 15) is 0 Å². The number of hydrogen-bond donors (Lipinski definition) is 2. The second kappa shape index (κ2) is 6.87. The topological polar surface area (TPSA) is 8.88 Å². The SMILES string of the molecule is C[NH+](C)C1C/C=C/CC([NH+](C)C)C/C=C/C1. The van der Waals surface area contributed by atoms with Crippen LogP contribution in [-0.4, -0.2) is 40.3 Å². The number of hydrogen-bond acceptors (Lipinski definition) is 0. The monoisotopic (exact) mass is 224 g/mol. The van der Waals surface area contributed by atoms with Gasteiger partial charge >= 0.3 is 0 Å². The molecule has 0 spiro atoms. The molecule has 1 rings (SSSR count). The Morgan fingerprint density at radius 1 is 0.625 bits per heavy atom. The Balaban J connectivity index is 2.57. The van der Waals surface area contributed by atoms with E-state index in [1.54, 1.807) is 9.80 Å². The van der Waals surface area contributed by atoms with Gasteiger partial charge in [-0.3, -0.25) is 0 Å². The van der Waals surface area contributed by atoms with Crippen molar-refractivity contribution in [2.24, 2.45) is 0 Å².